The van der Waals surface area contributed by atoms with E-state index in [2.05, 4.69) is 5.32 Å². The zero-order valence-corrected chi connectivity index (χ0v) is 18.6. The van der Waals surface area contributed by atoms with Crippen LogP contribution in [0, 0.1) is 0 Å². The lowest BCUT2D eigenvalue weighted by Gasteiger charge is -2.28. The molecule has 0 saturated carbocycles. The molecule has 0 bridgehead atoms. The van der Waals surface area contributed by atoms with Gasteiger partial charge in [-0.2, -0.15) is 0 Å². The highest BCUT2D eigenvalue weighted by Gasteiger charge is 2.38. The Morgan fingerprint density at radius 2 is 1.88 bits per heavy atom. The number of carbonyl (C=O) groups is 3. The summed E-state index contributed by atoms with van der Waals surface area (Å²) in [6.45, 7) is 1.97. The minimum Gasteiger partial charge on any atom is -0.464 e. The van der Waals surface area contributed by atoms with E-state index in [1.54, 1.807) is 19.1 Å². The molecule has 0 radical (unpaired) electrons. The molecular weight excluding hydrogens is 432 g/mol. The molecule has 0 spiro atoms. The Labute approximate surface area is 192 Å². The van der Waals surface area contributed by atoms with Crippen molar-refractivity contribution in [2.75, 3.05) is 6.61 Å². The highest BCUT2D eigenvalue weighted by molar-refractivity contribution is 6.31. The van der Waals surface area contributed by atoms with Crippen molar-refractivity contribution >= 4 is 29.4 Å². The number of ether oxygens (including phenoxy) is 1. The number of hydrogen-bond donors (Lipinski definition) is 2. The second kappa shape index (κ2) is 11.1. The Morgan fingerprint density at radius 1 is 1.19 bits per heavy atom. The van der Waals surface area contributed by atoms with Crippen LogP contribution in [0.25, 0.3) is 0 Å². The summed E-state index contributed by atoms with van der Waals surface area (Å²) >= 11 is 6.24. The average molecular weight is 459 g/mol. The minimum atomic E-state index is -1.53. The van der Waals surface area contributed by atoms with Crippen LogP contribution in [-0.4, -0.2) is 52.6 Å². The van der Waals surface area contributed by atoms with Crippen molar-refractivity contribution in [3.8, 4) is 0 Å². The molecule has 32 heavy (non-hydrogen) atoms. The molecule has 1 fully saturated rings. The minimum absolute atomic E-state index is 0.116. The predicted octanol–water partition coefficient (Wildman–Crippen LogP) is 2.48. The van der Waals surface area contributed by atoms with Crippen LogP contribution in [0.3, 0.4) is 0 Å². The third-order valence-corrected chi connectivity index (χ3v) is 5.83. The third-order valence-electron chi connectivity index (χ3n) is 5.46. The number of aliphatic hydroxyl groups is 1. The predicted molar refractivity (Wildman–Crippen MR) is 120 cm³/mol. The number of hydrogen-bond acceptors (Lipinski definition) is 5. The van der Waals surface area contributed by atoms with E-state index in [0.717, 1.165) is 11.1 Å². The Hall–Kier alpha value is -2.90. The van der Waals surface area contributed by atoms with Crippen LogP contribution in [0.2, 0.25) is 5.02 Å². The van der Waals surface area contributed by atoms with Gasteiger partial charge in [-0.15, -0.1) is 0 Å². The van der Waals surface area contributed by atoms with Crippen molar-refractivity contribution in [2.24, 2.45) is 0 Å². The van der Waals surface area contributed by atoms with Crippen molar-refractivity contribution in [1.82, 2.24) is 10.2 Å². The Bertz CT molecular complexity index is 952. The van der Waals surface area contributed by atoms with E-state index in [4.69, 9.17) is 16.3 Å². The fourth-order valence-electron chi connectivity index (χ4n) is 3.80. The molecule has 2 N–H and O–H groups in total. The smallest absolute Gasteiger partial charge is 0.337 e. The van der Waals surface area contributed by atoms with Gasteiger partial charge in [0, 0.05) is 18.0 Å². The molecule has 3 rings (SSSR count). The summed E-state index contributed by atoms with van der Waals surface area (Å²) in [5.74, 6) is -1.37. The monoisotopic (exact) mass is 458 g/mol. The summed E-state index contributed by atoms with van der Waals surface area (Å²) in [4.78, 5) is 39.3. The number of esters is 1. The van der Waals surface area contributed by atoms with Gasteiger partial charge in [0.05, 0.1) is 12.6 Å². The summed E-state index contributed by atoms with van der Waals surface area (Å²) in [5, 5.41) is 13.9. The molecule has 3 atom stereocenters. The van der Waals surface area contributed by atoms with E-state index in [1.807, 2.05) is 42.5 Å². The standard InChI is InChI=1S/C24H27ClN2O5/c1-2-32-24(31)22(29)19(14-16-8-4-3-5-9-16)26-23(30)20-12-13-21(28)27(20)15-17-10-6-7-11-18(17)25/h3-11,19-20,22,29H,2,12-15H2,1H3,(H,26,30)/t19?,20-,22?/m1/s1. The fourth-order valence-corrected chi connectivity index (χ4v) is 3.99. The van der Waals surface area contributed by atoms with Crippen LogP contribution in [0.5, 0.6) is 0 Å². The molecule has 8 heteroatoms. The van der Waals surface area contributed by atoms with Crippen molar-refractivity contribution in [1.29, 1.82) is 0 Å². The molecule has 2 unspecified atom stereocenters. The zero-order chi connectivity index (χ0) is 23.1. The maximum atomic E-state index is 13.2. The molecule has 2 aromatic rings. The number of nitrogens with zero attached hydrogens (tertiary/aromatic N) is 1. The van der Waals surface area contributed by atoms with E-state index in [0.29, 0.717) is 11.4 Å². The summed E-state index contributed by atoms with van der Waals surface area (Å²) in [7, 11) is 0. The van der Waals surface area contributed by atoms with Crippen LogP contribution < -0.4 is 5.32 Å². The zero-order valence-electron chi connectivity index (χ0n) is 17.9. The average Bonchev–Trinajstić information content (AvgIpc) is 3.15. The summed E-state index contributed by atoms with van der Waals surface area (Å²) in [6.07, 6.45) is -0.708. The van der Waals surface area contributed by atoms with Gasteiger partial charge < -0.3 is 20.1 Å². The first kappa shape index (κ1) is 23.8. The first-order valence-corrected chi connectivity index (χ1v) is 11.0. The topological polar surface area (TPSA) is 95.9 Å². The van der Waals surface area contributed by atoms with Crippen LogP contribution in [0.4, 0.5) is 0 Å². The van der Waals surface area contributed by atoms with Crippen molar-refractivity contribution in [2.45, 2.75) is 50.9 Å². The van der Waals surface area contributed by atoms with Crippen LogP contribution in [0.1, 0.15) is 30.9 Å². The SMILES string of the molecule is CCOC(=O)C(O)C(Cc1ccccc1)NC(=O)[C@H]1CCC(=O)N1Cc1ccccc1Cl. The Kier molecular flexibility index (Phi) is 8.25. The normalized spacial score (nSPS) is 17.7. The number of nitrogens with one attached hydrogen (secondary N) is 1. The van der Waals surface area contributed by atoms with Gasteiger partial charge in [0.1, 0.15) is 6.04 Å². The number of carbonyl (C=O) groups excluding carboxylic acids is 3. The van der Waals surface area contributed by atoms with Gasteiger partial charge in [0.25, 0.3) is 0 Å². The molecule has 2 amide bonds. The third kappa shape index (κ3) is 5.87. The number of amides is 2. The van der Waals surface area contributed by atoms with Crippen LogP contribution in [0.15, 0.2) is 54.6 Å². The van der Waals surface area contributed by atoms with Gasteiger partial charge in [0.2, 0.25) is 11.8 Å². The van der Waals surface area contributed by atoms with Crippen molar-refractivity contribution in [3.63, 3.8) is 0 Å². The molecular formula is C24H27ClN2O5. The lowest BCUT2D eigenvalue weighted by Crippen LogP contribution is -2.54. The number of halogens is 1. The molecule has 0 aromatic heterocycles. The van der Waals surface area contributed by atoms with E-state index in [1.165, 1.54) is 4.90 Å². The van der Waals surface area contributed by atoms with Crippen molar-refractivity contribution < 1.29 is 24.2 Å². The van der Waals surface area contributed by atoms with Gasteiger partial charge in [-0.25, -0.2) is 4.79 Å². The van der Waals surface area contributed by atoms with Gasteiger partial charge >= 0.3 is 5.97 Å². The van der Waals surface area contributed by atoms with Gasteiger partial charge in [-0.1, -0.05) is 60.1 Å². The van der Waals surface area contributed by atoms with E-state index >= 15 is 0 Å². The molecule has 0 aliphatic carbocycles. The van der Waals surface area contributed by atoms with E-state index in [9.17, 15) is 19.5 Å². The summed E-state index contributed by atoms with van der Waals surface area (Å²) < 4.78 is 4.94. The molecule has 1 heterocycles. The summed E-state index contributed by atoms with van der Waals surface area (Å²) in [6, 6.07) is 14.8. The molecule has 1 aliphatic heterocycles. The molecule has 1 aliphatic rings. The lowest BCUT2D eigenvalue weighted by atomic mass is 10.0. The molecule has 7 nitrogen and oxygen atoms in total. The van der Waals surface area contributed by atoms with Crippen LogP contribution in [-0.2, 0) is 32.1 Å². The molecule has 2 aromatic carbocycles. The maximum Gasteiger partial charge on any atom is 0.337 e. The first-order chi connectivity index (χ1) is 15.4. The maximum absolute atomic E-state index is 13.2. The van der Waals surface area contributed by atoms with Crippen molar-refractivity contribution in [3.05, 3.63) is 70.7 Å². The largest absolute Gasteiger partial charge is 0.464 e. The summed E-state index contributed by atoms with van der Waals surface area (Å²) in [5.41, 5.74) is 1.59. The quantitative estimate of drug-likeness (QED) is 0.563. The fraction of sp³-hybridized carbons (Fsp3) is 0.375. The Balaban J connectivity index is 1.76. The van der Waals surface area contributed by atoms with Gasteiger partial charge in [-0.05, 0) is 37.0 Å². The van der Waals surface area contributed by atoms with E-state index in [-0.39, 0.29) is 31.9 Å². The first-order valence-electron chi connectivity index (χ1n) is 10.6. The number of likely N-dealkylation sites (tertiary alicyclic amines) is 1. The van der Waals surface area contributed by atoms with Gasteiger partial charge in [-0.3, -0.25) is 9.59 Å². The van der Waals surface area contributed by atoms with Gasteiger partial charge in [0.15, 0.2) is 6.10 Å². The Morgan fingerprint density at radius 3 is 2.56 bits per heavy atom. The van der Waals surface area contributed by atoms with E-state index < -0.39 is 30.1 Å². The number of benzene rings is 2. The highest BCUT2D eigenvalue weighted by atomic mass is 35.5. The highest BCUT2D eigenvalue weighted by Crippen LogP contribution is 2.25. The number of rotatable bonds is 9. The number of aliphatic hydroxyl groups excluding tert-OH is 1. The molecule has 1 saturated heterocycles. The lowest BCUT2D eigenvalue weighted by molar-refractivity contribution is -0.155. The molecule has 170 valence electrons. The second-order valence-electron chi connectivity index (χ2n) is 7.67. The second-order valence-corrected chi connectivity index (χ2v) is 8.08. The van der Waals surface area contributed by atoms with Crippen LogP contribution >= 0.6 is 11.6 Å².